The Morgan fingerprint density at radius 2 is 2.15 bits per heavy atom. The van der Waals surface area contributed by atoms with Gasteiger partial charge >= 0.3 is 0 Å². The van der Waals surface area contributed by atoms with Gasteiger partial charge in [-0.05, 0) is 57.1 Å². The summed E-state index contributed by atoms with van der Waals surface area (Å²) in [5.74, 6) is 1.63. The minimum absolute atomic E-state index is 0.0233. The monoisotopic (exact) mass is 385 g/mol. The van der Waals surface area contributed by atoms with Gasteiger partial charge in [0.05, 0.1) is 11.6 Å². The third-order valence-electron chi connectivity index (χ3n) is 6.86. The van der Waals surface area contributed by atoms with Gasteiger partial charge in [-0.3, -0.25) is 4.79 Å². The van der Waals surface area contributed by atoms with Crippen LogP contribution >= 0.6 is 11.5 Å². The first-order chi connectivity index (χ1) is 13.2. The van der Waals surface area contributed by atoms with E-state index in [-0.39, 0.29) is 11.4 Å². The van der Waals surface area contributed by atoms with Gasteiger partial charge in [-0.15, -0.1) is 0 Å². The fraction of sp³-hybridized carbons (Fsp3) is 0.650. The lowest BCUT2D eigenvalue weighted by atomic mass is 9.92. The number of carbonyl (C=O) groups is 1. The maximum atomic E-state index is 12.9. The molecule has 0 radical (unpaired) electrons. The first kappa shape index (κ1) is 17.2. The Hall–Kier alpha value is -1.89. The van der Waals surface area contributed by atoms with Crippen LogP contribution in [0, 0.1) is 6.92 Å². The van der Waals surface area contributed by atoms with Crippen molar-refractivity contribution < 1.29 is 4.79 Å². The predicted octanol–water partition coefficient (Wildman–Crippen LogP) is 3.76. The number of nitrogens with zero attached hydrogens (tertiary/aromatic N) is 3. The molecule has 2 N–H and O–H groups in total. The molecule has 2 aromatic heterocycles. The first-order valence-electron chi connectivity index (χ1n) is 10.2. The van der Waals surface area contributed by atoms with E-state index in [0.717, 1.165) is 48.7 Å². The lowest BCUT2D eigenvalue weighted by Crippen LogP contribution is -2.53. The Labute approximate surface area is 163 Å². The number of H-pyrrole nitrogens is 1. The summed E-state index contributed by atoms with van der Waals surface area (Å²) in [5, 5.41) is 4.46. The van der Waals surface area contributed by atoms with Crippen LogP contribution in [0.1, 0.15) is 79.2 Å². The van der Waals surface area contributed by atoms with Gasteiger partial charge in [-0.2, -0.15) is 4.37 Å². The summed E-state index contributed by atoms with van der Waals surface area (Å²) in [6, 6.07) is 2.28. The molecule has 2 atom stereocenters. The maximum absolute atomic E-state index is 12.9. The molecule has 2 aromatic rings. The van der Waals surface area contributed by atoms with Crippen LogP contribution in [0.3, 0.4) is 0 Å². The van der Waals surface area contributed by atoms with Crippen LogP contribution in [-0.4, -0.2) is 38.4 Å². The van der Waals surface area contributed by atoms with Crippen LogP contribution in [0.25, 0.3) is 0 Å². The van der Waals surface area contributed by atoms with E-state index < -0.39 is 0 Å². The summed E-state index contributed by atoms with van der Waals surface area (Å²) in [5.41, 5.74) is 1.56. The van der Waals surface area contributed by atoms with Gasteiger partial charge in [0.15, 0.2) is 0 Å². The third kappa shape index (κ3) is 2.87. The van der Waals surface area contributed by atoms with Crippen LogP contribution in [0.5, 0.6) is 0 Å². The van der Waals surface area contributed by atoms with Crippen molar-refractivity contribution in [1.29, 1.82) is 0 Å². The molecule has 3 fully saturated rings. The molecule has 0 aromatic carbocycles. The molecule has 1 saturated heterocycles. The number of aryl methyl sites for hydroxylation is 1. The molecule has 2 saturated carbocycles. The summed E-state index contributed by atoms with van der Waals surface area (Å²) in [6.45, 7) is 2.93. The van der Waals surface area contributed by atoms with Crippen LogP contribution in [0.2, 0.25) is 0 Å². The first-order valence-corrected chi connectivity index (χ1v) is 11.0. The topological polar surface area (TPSA) is 73.9 Å². The molecule has 2 aliphatic carbocycles. The van der Waals surface area contributed by atoms with Gasteiger partial charge in [0, 0.05) is 30.2 Å². The minimum Gasteiger partial charge on any atom is -0.357 e. The van der Waals surface area contributed by atoms with Crippen molar-refractivity contribution in [3.05, 3.63) is 29.3 Å². The largest absolute Gasteiger partial charge is 0.357 e. The number of hydrogen-bond acceptors (Lipinski definition) is 5. The van der Waals surface area contributed by atoms with Crippen LogP contribution in [-0.2, 0) is 0 Å². The lowest BCUT2D eigenvalue weighted by Gasteiger charge is -2.33. The number of hydrogen-bond donors (Lipinski definition) is 2. The van der Waals surface area contributed by atoms with Crippen molar-refractivity contribution >= 4 is 22.6 Å². The number of aromatic nitrogens is 3. The van der Waals surface area contributed by atoms with Crippen molar-refractivity contribution in [3.8, 4) is 0 Å². The molecule has 0 spiro atoms. The normalized spacial score (nSPS) is 28.0. The average molecular weight is 386 g/mol. The molecule has 1 aliphatic heterocycles. The van der Waals surface area contributed by atoms with Crippen molar-refractivity contribution in [3.63, 3.8) is 0 Å². The Bertz CT molecular complexity index is 839. The van der Waals surface area contributed by atoms with Gasteiger partial charge < -0.3 is 15.2 Å². The van der Waals surface area contributed by atoms with E-state index in [1.54, 1.807) is 11.5 Å². The van der Waals surface area contributed by atoms with Crippen molar-refractivity contribution in [2.75, 3.05) is 11.4 Å². The Morgan fingerprint density at radius 3 is 2.93 bits per heavy atom. The number of aromatic amines is 1. The van der Waals surface area contributed by atoms with Crippen LogP contribution in [0.15, 0.2) is 12.3 Å². The highest BCUT2D eigenvalue weighted by Gasteiger charge is 2.52. The molecule has 5 rings (SSSR count). The number of carbonyl (C=O) groups excluding carboxylic acids is 1. The summed E-state index contributed by atoms with van der Waals surface area (Å²) in [4.78, 5) is 23.3. The fourth-order valence-electron chi connectivity index (χ4n) is 5.39. The lowest BCUT2D eigenvalue weighted by molar-refractivity contribution is 0.0894. The molecule has 144 valence electrons. The van der Waals surface area contributed by atoms with Gasteiger partial charge in [0.25, 0.3) is 5.91 Å². The Kier molecular flexibility index (Phi) is 4.22. The molecule has 3 aliphatic rings. The highest BCUT2D eigenvalue weighted by atomic mass is 32.1. The average Bonchev–Trinajstić information content (AvgIpc) is 3.43. The highest BCUT2D eigenvalue weighted by molar-refractivity contribution is 7.09. The zero-order valence-corrected chi connectivity index (χ0v) is 16.6. The van der Waals surface area contributed by atoms with Gasteiger partial charge in [-0.1, -0.05) is 12.8 Å². The molecular formula is C20H27N5OS. The van der Waals surface area contributed by atoms with Crippen molar-refractivity contribution in [2.24, 2.45) is 0 Å². The highest BCUT2D eigenvalue weighted by Crippen LogP contribution is 2.45. The zero-order valence-electron chi connectivity index (χ0n) is 15.8. The quantitative estimate of drug-likeness (QED) is 0.840. The summed E-state index contributed by atoms with van der Waals surface area (Å²) in [6.07, 6.45) is 11.2. The molecule has 2 unspecified atom stereocenters. The van der Waals surface area contributed by atoms with Crippen molar-refractivity contribution in [2.45, 2.75) is 75.8 Å². The zero-order chi connectivity index (χ0) is 18.4. The van der Waals surface area contributed by atoms with E-state index in [9.17, 15) is 4.79 Å². The standard InChI is InChI=1S/C20H27N5OS/c1-13-8-11-21-16(13)18(26)23-20-9-4-7-15(20)25(12-10-20)19-22-17(24-27-19)14-5-2-3-6-14/h8,11,14-15,21H,2-7,9-10,12H2,1H3,(H,23,26). The molecule has 7 heteroatoms. The SMILES string of the molecule is Cc1cc[nH]c1C(=O)NC12CCCC1N(c1nc(C3CCCC3)ns1)CC2. The number of fused-ring (bicyclic) bond motifs is 1. The molecule has 3 heterocycles. The molecule has 27 heavy (non-hydrogen) atoms. The van der Waals surface area contributed by atoms with E-state index >= 15 is 0 Å². The van der Waals surface area contributed by atoms with E-state index in [0.29, 0.717) is 17.7 Å². The van der Waals surface area contributed by atoms with E-state index in [1.807, 2.05) is 19.2 Å². The summed E-state index contributed by atoms with van der Waals surface area (Å²) < 4.78 is 4.69. The second-order valence-corrected chi connectivity index (χ2v) is 9.14. The number of amides is 1. The Balaban J connectivity index is 1.35. The van der Waals surface area contributed by atoms with E-state index in [1.165, 1.54) is 25.7 Å². The molecule has 1 amide bonds. The molecular weight excluding hydrogens is 358 g/mol. The van der Waals surface area contributed by atoms with Crippen LogP contribution in [0.4, 0.5) is 5.13 Å². The van der Waals surface area contributed by atoms with Gasteiger partial charge in [0.2, 0.25) is 5.13 Å². The molecule has 6 nitrogen and oxygen atoms in total. The second-order valence-electron chi connectivity index (χ2n) is 8.41. The fourth-order valence-corrected chi connectivity index (χ4v) is 6.21. The summed E-state index contributed by atoms with van der Waals surface area (Å²) >= 11 is 1.55. The summed E-state index contributed by atoms with van der Waals surface area (Å²) in [7, 11) is 0. The number of rotatable bonds is 4. The minimum atomic E-state index is -0.131. The number of anilines is 1. The van der Waals surface area contributed by atoms with Gasteiger partial charge in [0.1, 0.15) is 11.5 Å². The predicted molar refractivity (Wildman–Crippen MR) is 106 cm³/mol. The smallest absolute Gasteiger partial charge is 0.268 e. The van der Waals surface area contributed by atoms with E-state index in [4.69, 9.17) is 4.98 Å². The Morgan fingerprint density at radius 1 is 1.30 bits per heavy atom. The van der Waals surface area contributed by atoms with E-state index in [2.05, 4.69) is 19.6 Å². The third-order valence-corrected chi connectivity index (χ3v) is 7.62. The van der Waals surface area contributed by atoms with Gasteiger partial charge in [-0.25, -0.2) is 4.98 Å². The van der Waals surface area contributed by atoms with Crippen LogP contribution < -0.4 is 10.2 Å². The maximum Gasteiger partial charge on any atom is 0.268 e. The molecule has 0 bridgehead atoms. The van der Waals surface area contributed by atoms with Crippen molar-refractivity contribution in [1.82, 2.24) is 19.7 Å². The second kappa shape index (κ2) is 6.62. The number of nitrogens with one attached hydrogen (secondary N) is 2.